The Labute approximate surface area is 192 Å². The number of rotatable bonds is 5. The van der Waals surface area contributed by atoms with E-state index in [0.717, 1.165) is 36.3 Å². The number of nitrogens with zero attached hydrogens (tertiary/aromatic N) is 3. The van der Waals surface area contributed by atoms with Crippen LogP contribution >= 0.6 is 0 Å². The van der Waals surface area contributed by atoms with Crippen molar-refractivity contribution in [3.05, 3.63) is 59.7 Å². The molecule has 6 nitrogen and oxygen atoms in total. The standard InChI is InChI=1S/C26H28FN5O/c1-4-16-12-18(33)7-8-19(16)20-9-10-21-24(23(20)27)30-31-25(21)26-28-13-22(29-26)17-6-5-11-32(14-17)15(2)3/h6-10,12-13,15,33H,4-5,11,14H2,1-3H3,(H,28,29)(H,30,31). The molecule has 5 rings (SSSR count). The summed E-state index contributed by atoms with van der Waals surface area (Å²) in [5.74, 6) is 0.435. The number of nitrogens with one attached hydrogen (secondary N) is 2. The maximum Gasteiger partial charge on any atom is 0.159 e. The number of halogens is 1. The second-order valence-corrected chi connectivity index (χ2v) is 8.83. The van der Waals surface area contributed by atoms with Gasteiger partial charge in [0, 0.05) is 36.3 Å². The van der Waals surface area contributed by atoms with Crippen molar-refractivity contribution in [3.8, 4) is 28.4 Å². The molecule has 0 saturated carbocycles. The fourth-order valence-corrected chi connectivity index (χ4v) is 4.58. The highest BCUT2D eigenvalue weighted by Gasteiger charge is 2.21. The quantitative estimate of drug-likeness (QED) is 0.378. The minimum absolute atomic E-state index is 0.180. The van der Waals surface area contributed by atoms with Crippen LogP contribution in [0.2, 0.25) is 0 Å². The van der Waals surface area contributed by atoms with E-state index in [0.29, 0.717) is 40.4 Å². The van der Waals surface area contributed by atoms with Crippen LogP contribution in [0.3, 0.4) is 0 Å². The summed E-state index contributed by atoms with van der Waals surface area (Å²) in [4.78, 5) is 10.4. The Morgan fingerprint density at radius 2 is 2.00 bits per heavy atom. The monoisotopic (exact) mass is 445 g/mol. The van der Waals surface area contributed by atoms with Gasteiger partial charge in [0.2, 0.25) is 0 Å². The Bertz CT molecular complexity index is 1350. The summed E-state index contributed by atoms with van der Waals surface area (Å²) in [6.07, 6.45) is 5.84. The Kier molecular flexibility index (Phi) is 5.50. The van der Waals surface area contributed by atoms with Gasteiger partial charge in [-0.05, 0) is 61.6 Å². The molecule has 3 heterocycles. The highest BCUT2D eigenvalue weighted by molar-refractivity contribution is 5.95. The summed E-state index contributed by atoms with van der Waals surface area (Å²) < 4.78 is 15.5. The Hall–Kier alpha value is -3.45. The molecule has 0 amide bonds. The van der Waals surface area contributed by atoms with Gasteiger partial charge in [-0.1, -0.05) is 25.1 Å². The van der Waals surface area contributed by atoms with Gasteiger partial charge in [0.25, 0.3) is 0 Å². The molecule has 2 aromatic heterocycles. The van der Waals surface area contributed by atoms with E-state index in [1.807, 2.05) is 19.2 Å². The maximum atomic E-state index is 15.5. The normalized spacial score (nSPS) is 14.9. The van der Waals surface area contributed by atoms with Crippen molar-refractivity contribution in [2.24, 2.45) is 0 Å². The third-order valence-electron chi connectivity index (χ3n) is 6.48. The van der Waals surface area contributed by atoms with Gasteiger partial charge in [-0.25, -0.2) is 9.37 Å². The van der Waals surface area contributed by atoms with E-state index in [4.69, 9.17) is 4.98 Å². The minimum atomic E-state index is -0.360. The number of aryl methyl sites for hydroxylation is 1. The molecule has 1 aliphatic heterocycles. The summed E-state index contributed by atoms with van der Waals surface area (Å²) in [6.45, 7) is 8.33. The fourth-order valence-electron chi connectivity index (χ4n) is 4.58. The first-order valence-electron chi connectivity index (χ1n) is 11.4. The zero-order valence-electron chi connectivity index (χ0n) is 19.1. The Morgan fingerprint density at radius 1 is 1.18 bits per heavy atom. The lowest BCUT2D eigenvalue weighted by atomic mass is 9.96. The zero-order chi connectivity index (χ0) is 23.1. The van der Waals surface area contributed by atoms with E-state index < -0.39 is 0 Å². The van der Waals surface area contributed by atoms with E-state index in [1.165, 1.54) is 5.57 Å². The van der Waals surface area contributed by atoms with Crippen molar-refractivity contribution < 1.29 is 9.50 Å². The van der Waals surface area contributed by atoms with E-state index in [2.05, 4.69) is 40.0 Å². The van der Waals surface area contributed by atoms with Crippen LogP contribution in [-0.2, 0) is 6.42 Å². The second-order valence-electron chi connectivity index (χ2n) is 8.83. The Balaban J connectivity index is 1.51. The molecule has 0 radical (unpaired) electrons. The van der Waals surface area contributed by atoms with Gasteiger partial charge in [0.05, 0.1) is 5.69 Å². The third-order valence-corrected chi connectivity index (χ3v) is 6.48. The molecule has 0 aliphatic carbocycles. The van der Waals surface area contributed by atoms with Crippen LogP contribution in [0.15, 0.2) is 42.6 Å². The summed E-state index contributed by atoms with van der Waals surface area (Å²) in [7, 11) is 0. The summed E-state index contributed by atoms with van der Waals surface area (Å²) in [5, 5.41) is 17.7. The van der Waals surface area contributed by atoms with Crippen LogP contribution in [-0.4, -0.2) is 49.3 Å². The molecular formula is C26H28FN5O. The molecule has 0 bridgehead atoms. The number of fused-ring (bicyclic) bond motifs is 1. The average molecular weight is 446 g/mol. The average Bonchev–Trinajstić information content (AvgIpc) is 3.47. The lowest BCUT2D eigenvalue weighted by Gasteiger charge is -2.30. The van der Waals surface area contributed by atoms with Crippen LogP contribution in [0.4, 0.5) is 4.39 Å². The van der Waals surface area contributed by atoms with Gasteiger partial charge in [-0.15, -0.1) is 0 Å². The number of phenolic OH excluding ortho intramolecular Hbond substituents is 1. The van der Waals surface area contributed by atoms with Crippen molar-refractivity contribution >= 4 is 16.5 Å². The molecule has 1 aliphatic rings. The molecule has 0 fully saturated rings. The number of hydrogen-bond acceptors (Lipinski definition) is 4. The first-order chi connectivity index (χ1) is 16.0. The van der Waals surface area contributed by atoms with E-state index in [1.54, 1.807) is 24.3 Å². The van der Waals surface area contributed by atoms with Crippen molar-refractivity contribution in [3.63, 3.8) is 0 Å². The van der Waals surface area contributed by atoms with Gasteiger partial charge >= 0.3 is 0 Å². The lowest BCUT2D eigenvalue weighted by Crippen LogP contribution is -2.35. The van der Waals surface area contributed by atoms with Crippen LogP contribution in [0.25, 0.3) is 39.1 Å². The topological polar surface area (TPSA) is 80.8 Å². The zero-order valence-corrected chi connectivity index (χ0v) is 19.1. The van der Waals surface area contributed by atoms with Crippen molar-refractivity contribution in [2.75, 3.05) is 13.1 Å². The number of H-pyrrole nitrogens is 2. The summed E-state index contributed by atoms with van der Waals surface area (Å²) >= 11 is 0. The van der Waals surface area contributed by atoms with Gasteiger partial charge in [0.1, 0.15) is 17.0 Å². The maximum absolute atomic E-state index is 15.5. The highest BCUT2D eigenvalue weighted by atomic mass is 19.1. The predicted octanol–water partition coefficient (Wildman–Crippen LogP) is 5.52. The van der Waals surface area contributed by atoms with E-state index in [-0.39, 0.29) is 11.6 Å². The number of hydrogen-bond donors (Lipinski definition) is 3. The third kappa shape index (κ3) is 3.82. The highest BCUT2D eigenvalue weighted by Crippen LogP contribution is 2.35. The molecule has 0 saturated heterocycles. The molecular weight excluding hydrogens is 417 g/mol. The molecule has 0 spiro atoms. The van der Waals surface area contributed by atoms with Crippen LogP contribution in [0.1, 0.15) is 38.4 Å². The molecule has 3 N–H and O–H groups in total. The molecule has 2 aromatic carbocycles. The van der Waals surface area contributed by atoms with E-state index in [9.17, 15) is 5.11 Å². The van der Waals surface area contributed by atoms with Gasteiger partial charge in [-0.3, -0.25) is 10.00 Å². The molecule has 33 heavy (non-hydrogen) atoms. The fraction of sp³-hybridized carbons (Fsp3) is 0.308. The number of benzene rings is 2. The first-order valence-corrected chi connectivity index (χ1v) is 11.4. The minimum Gasteiger partial charge on any atom is -0.508 e. The first kappa shape index (κ1) is 21.4. The van der Waals surface area contributed by atoms with Crippen LogP contribution < -0.4 is 0 Å². The molecule has 7 heteroatoms. The number of imidazole rings is 1. The van der Waals surface area contributed by atoms with Crippen LogP contribution in [0.5, 0.6) is 5.75 Å². The summed E-state index contributed by atoms with van der Waals surface area (Å²) in [5.41, 5.74) is 5.19. The van der Waals surface area contributed by atoms with Gasteiger partial charge in [-0.2, -0.15) is 5.10 Å². The number of phenols is 1. The second kappa shape index (κ2) is 8.48. The lowest BCUT2D eigenvalue weighted by molar-refractivity contribution is 0.247. The molecule has 4 aromatic rings. The van der Waals surface area contributed by atoms with Crippen molar-refractivity contribution in [2.45, 2.75) is 39.7 Å². The van der Waals surface area contributed by atoms with E-state index >= 15 is 4.39 Å². The van der Waals surface area contributed by atoms with Crippen LogP contribution in [0, 0.1) is 5.82 Å². The molecule has 170 valence electrons. The number of aromatic hydroxyl groups is 1. The Morgan fingerprint density at radius 3 is 2.79 bits per heavy atom. The smallest absolute Gasteiger partial charge is 0.159 e. The largest absolute Gasteiger partial charge is 0.508 e. The summed E-state index contributed by atoms with van der Waals surface area (Å²) in [6, 6.07) is 9.16. The number of aromatic nitrogens is 4. The molecule has 0 unspecified atom stereocenters. The SMILES string of the molecule is CCc1cc(O)ccc1-c1ccc2c(-c3nc(C4=CCCN(C(C)C)C4)c[nH]3)n[nH]c2c1F. The predicted molar refractivity (Wildman–Crippen MR) is 129 cm³/mol. The van der Waals surface area contributed by atoms with Gasteiger partial charge in [0.15, 0.2) is 11.6 Å². The number of aromatic amines is 2. The van der Waals surface area contributed by atoms with Crippen molar-refractivity contribution in [1.29, 1.82) is 0 Å². The van der Waals surface area contributed by atoms with Crippen molar-refractivity contribution in [1.82, 2.24) is 25.1 Å². The molecule has 0 atom stereocenters. The van der Waals surface area contributed by atoms with Gasteiger partial charge < -0.3 is 10.1 Å².